The number of aliphatic hydroxyl groups excluding tert-OH is 1. The quantitative estimate of drug-likeness (QED) is 0.724. The van der Waals surface area contributed by atoms with Crippen molar-refractivity contribution < 1.29 is 5.11 Å². The molecule has 1 unspecified atom stereocenters. The van der Waals surface area contributed by atoms with Crippen LogP contribution in [0.1, 0.15) is 43.7 Å². The van der Waals surface area contributed by atoms with E-state index >= 15 is 0 Å². The Hall–Kier alpha value is -2.90. The van der Waals surface area contributed by atoms with Gasteiger partial charge in [-0.15, -0.1) is 0 Å². The Morgan fingerprint density at radius 3 is 2.75 bits per heavy atom. The number of aromatic nitrogens is 4. The first kappa shape index (κ1) is 18.5. The summed E-state index contributed by atoms with van der Waals surface area (Å²) < 4.78 is 1.64. The standard InChI is InChI=1S/C21H23N5O2/c1-21(2)15(10-18(27)14-6-4-3-5-7-14)20-25-17(16-8-9-22-12-23-16)11-19(28)26(20)13-24-21/h3-9,11-12,15,18,24,27H,10,13H2,1-2H3/t15?,18-/m1/s1. The first-order valence-corrected chi connectivity index (χ1v) is 9.32. The lowest BCUT2D eigenvalue weighted by Crippen LogP contribution is -2.53. The lowest BCUT2D eigenvalue weighted by Gasteiger charge is -2.41. The fourth-order valence-electron chi connectivity index (χ4n) is 3.69. The maximum absolute atomic E-state index is 12.7. The van der Waals surface area contributed by atoms with Gasteiger partial charge in [-0.1, -0.05) is 30.3 Å². The SMILES string of the molecule is CC1(C)NCn2c(nc(-c3ccncn3)cc2=O)C1C[C@@H](O)c1ccccc1. The summed E-state index contributed by atoms with van der Waals surface area (Å²) in [7, 11) is 0. The molecule has 7 nitrogen and oxygen atoms in total. The molecule has 1 aliphatic heterocycles. The third kappa shape index (κ3) is 3.46. The van der Waals surface area contributed by atoms with Gasteiger partial charge in [0, 0.05) is 23.7 Å². The van der Waals surface area contributed by atoms with Crippen molar-refractivity contribution in [2.45, 2.75) is 44.5 Å². The molecule has 1 aromatic carbocycles. The van der Waals surface area contributed by atoms with E-state index < -0.39 is 6.10 Å². The number of hydrogen-bond acceptors (Lipinski definition) is 6. The minimum atomic E-state index is -0.654. The molecule has 2 atom stereocenters. The smallest absolute Gasteiger partial charge is 0.255 e. The Bertz CT molecular complexity index is 1020. The van der Waals surface area contributed by atoms with E-state index in [2.05, 4.69) is 29.1 Å². The Labute approximate surface area is 163 Å². The molecule has 2 aromatic heterocycles. The number of benzene rings is 1. The highest BCUT2D eigenvalue weighted by Crippen LogP contribution is 2.37. The largest absolute Gasteiger partial charge is 0.388 e. The van der Waals surface area contributed by atoms with Crippen LogP contribution in [0, 0.1) is 0 Å². The van der Waals surface area contributed by atoms with Crippen molar-refractivity contribution in [3.05, 3.63) is 76.7 Å². The topological polar surface area (TPSA) is 92.9 Å². The van der Waals surface area contributed by atoms with E-state index in [0.717, 1.165) is 5.56 Å². The van der Waals surface area contributed by atoms with Crippen molar-refractivity contribution in [1.82, 2.24) is 24.8 Å². The summed E-state index contributed by atoms with van der Waals surface area (Å²) >= 11 is 0. The molecule has 0 aliphatic carbocycles. The van der Waals surface area contributed by atoms with Crippen LogP contribution in [0.15, 0.2) is 59.8 Å². The molecular formula is C21H23N5O2. The first-order valence-electron chi connectivity index (χ1n) is 9.32. The van der Waals surface area contributed by atoms with Gasteiger partial charge in [0.25, 0.3) is 5.56 Å². The third-order valence-corrected chi connectivity index (χ3v) is 5.40. The molecule has 0 radical (unpaired) electrons. The molecule has 0 bridgehead atoms. The Kier molecular flexibility index (Phi) is 4.78. The van der Waals surface area contributed by atoms with Crippen LogP contribution in [0.5, 0.6) is 0 Å². The Morgan fingerprint density at radius 2 is 2.04 bits per heavy atom. The van der Waals surface area contributed by atoms with Gasteiger partial charge in [0.15, 0.2) is 0 Å². The second-order valence-electron chi connectivity index (χ2n) is 7.63. The maximum Gasteiger partial charge on any atom is 0.255 e. The van der Waals surface area contributed by atoms with Crippen molar-refractivity contribution in [3.63, 3.8) is 0 Å². The number of nitrogens with zero attached hydrogens (tertiary/aromatic N) is 4. The monoisotopic (exact) mass is 377 g/mol. The summed E-state index contributed by atoms with van der Waals surface area (Å²) in [5.74, 6) is 0.505. The average Bonchev–Trinajstić information content (AvgIpc) is 2.71. The van der Waals surface area contributed by atoms with E-state index in [9.17, 15) is 9.90 Å². The predicted molar refractivity (Wildman–Crippen MR) is 105 cm³/mol. The molecule has 3 heterocycles. The van der Waals surface area contributed by atoms with E-state index in [1.54, 1.807) is 16.8 Å². The molecule has 0 spiro atoms. The second-order valence-corrected chi connectivity index (χ2v) is 7.63. The molecule has 4 rings (SSSR count). The lowest BCUT2D eigenvalue weighted by atomic mass is 9.80. The number of fused-ring (bicyclic) bond motifs is 1. The van der Waals surface area contributed by atoms with Crippen molar-refractivity contribution >= 4 is 0 Å². The molecule has 0 amide bonds. The highest BCUT2D eigenvalue weighted by Gasteiger charge is 2.39. The Morgan fingerprint density at radius 1 is 1.25 bits per heavy atom. The fraction of sp³-hybridized carbons (Fsp3) is 0.333. The van der Waals surface area contributed by atoms with Crippen LogP contribution in [-0.2, 0) is 6.67 Å². The van der Waals surface area contributed by atoms with Crippen molar-refractivity contribution in [2.75, 3.05) is 0 Å². The molecule has 2 N–H and O–H groups in total. The molecule has 0 saturated heterocycles. The third-order valence-electron chi connectivity index (χ3n) is 5.40. The summed E-state index contributed by atoms with van der Waals surface area (Å²) in [6.07, 6.45) is 2.86. The molecule has 1 aliphatic rings. The van der Waals surface area contributed by atoms with Gasteiger partial charge in [-0.25, -0.2) is 15.0 Å². The van der Waals surface area contributed by atoms with Gasteiger partial charge < -0.3 is 5.11 Å². The minimum Gasteiger partial charge on any atom is -0.388 e. The predicted octanol–water partition coefficient (Wildman–Crippen LogP) is 2.25. The van der Waals surface area contributed by atoms with E-state index in [4.69, 9.17) is 4.98 Å². The molecular weight excluding hydrogens is 354 g/mol. The van der Waals surface area contributed by atoms with Gasteiger partial charge in [-0.2, -0.15) is 0 Å². The zero-order chi connectivity index (χ0) is 19.7. The summed E-state index contributed by atoms with van der Waals surface area (Å²) in [6, 6.07) is 12.8. The molecule has 28 heavy (non-hydrogen) atoms. The van der Waals surface area contributed by atoms with Crippen LogP contribution in [0.4, 0.5) is 0 Å². The molecule has 0 saturated carbocycles. The number of rotatable bonds is 4. The van der Waals surface area contributed by atoms with Crippen molar-refractivity contribution in [1.29, 1.82) is 0 Å². The highest BCUT2D eigenvalue weighted by molar-refractivity contribution is 5.52. The summed E-state index contributed by atoms with van der Waals surface area (Å²) in [4.78, 5) is 25.7. The summed E-state index contributed by atoms with van der Waals surface area (Å²) in [6.45, 7) is 4.53. The molecule has 0 fully saturated rings. The van der Waals surface area contributed by atoms with E-state index in [-0.39, 0.29) is 17.0 Å². The van der Waals surface area contributed by atoms with Crippen LogP contribution in [-0.4, -0.2) is 30.2 Å². The average molecular weight is 377 g/mol. The van der Waals surface area contributed by atoms with Gasteiger partial charge in [0.2, 0.25) is 0 Å². The van der Waals surface area contributed by atoms with Gasteiger partial charge >= 0.3 is 0 Å². The van der Waals surface area contributed by atoms with Crippen LogP contribution >= 0.6 is 0 Å². The Balaban J connectivity index is 1.77. The zero-order valence-electron chi connectivity index (χ0n) is 15.9. The van der Waals surface area contributed by atoms with Gasteiger partial charge in [-0.05, 0) is 31.9 Å². The first-order chi connectivity index (χ1) is 13.5. The van der Waals surface area contributed by atoms with E-state index in [0.29, 0.717) is 30.3 Å². The van der Waals surface area contributed by atoms with E-state index in [1.807, 2.05) is 30.3 Å². The number of hydrogen-bond donors (Lipinski definition) is 2. The van der Waals surface area contributed by atoms with E-state index in [1.165, 1.54) is 12.4 Å². The van der Waals surface area contributed by atoms with Crippen LogP contribution in [0.3, 0.4) is 0 Å². The number of nitrogens with one attached hydrogen (secondary N) is 1. The van der Waals surface area contributed by atoms with Crippen LogP contribution in [0.2, 0.25) is 0 Å². The molecule has 3 aromatic rings. The highest BCUT2D eigenvalue weighted by atomic mass is 16.3. The fourth-order valence-corrected chi connectivity index (χ4v) is 3.69. The maximum atomic E-state index is 12.7. The molecule has 7 heteroatoms. The normalized spacial score (nSPS) is 19.0. The zero-order valence-corrected chi connectivity index (χ0v) is 15.9. The van der Waals surface area contributed by atoms with Crippen LogP contribution in [0.25, 0.3) is 11.4 Å². The number of aliphatic hydroxyl groups is 1. The van der Waals surface area contributed by atoms with Gasteiger partial charge in [0.05, 0.1) is 24.2 Å². The summed E-state index contributed by atoms with van der Waals surface area (Å²) in [5, 5.41) is 14.2. The van der Waals surface area contributed by atoms with Gasteiger partial charge in [-0.3, -0.25) is 14.7 Å². The molecule has 144 valence electrons. The van der Waals surface area contributed by atoms with Gasteiger partial charge in [0.1, 0.15) is 12.2 Å². The summed E-state index contributed by atoms with van der Waals surface area (Å²) in [5.41, 5.74) is 1.51. The lowest BCUT2D eigenvalue weighted by molar-refractivity contribution is 0.119. The minimum absolute atomic E-state index is 0.138. The van der Waals surface area contributed by atoms with Crippen LogP contribution < -0.4 is 10.9 Å². The second kappa shape index (κ2) is 7.26. The van der Waals surface area contributed by atoms with Crippen molar-refractivity contribution in [3.8, 4) is 11.4 Å². The van der Waals surface area contributed by atoms with Crippen molar-refractivity contribution in [2.24, 2.45) is 0 Å².